The standard InChI is InChI=1S/C9H14OS/c1-4-8(10)9-6(2)5-7(3)11-9/h5,8,10H,4H2,1-3H3/t8-/m1/s1. The van der Waals surface area contributed by atoms with Crippen molar-refractivity contribution in [2.45, 2.75) is 33.3 Å². The Hall–Kier alpha value is -0.340. The van der Waals surface area contributed by atoms with Gasteiger partial charge in [-0.2, -0.15) is 0 Å². The molecule has 0 aliphatic rings. The van der Waals surface area contributed by atoms with Crippen LogP contribution in [0.15, 0.2) is 6.07 Å². The Kier molecular flexibility index (Phi) is 2.68. The molecular weight excluding hydrogens is 156 g/mol. The summed E-state index contributed by atoms with van der Waals surface area (Å²) in [6.45, 7) is 6.13. The Morgan fingerprint density at radius 3 is 2.55 bits per heavy atom. The predicted octanol–water partition coefficient (Wildman–Crippen LogP) is 2.81. The fourth-order valence-electron chi connectivity index (χ4n) is 1.18. The average molecular weight is 170 g/mol. The van der Waals surface area contributed by atoms with E-state index in [2.05, 4.69) is 19.9 Å². The van der Waals surface area contributed by atoms with E-state index in [-0.39, 0.29) is 6.10 Å². The van der Waals surface area contributed by atoms with Gasteiger partial charge in [-0.15, -0.1) is 11.3 Å². The molecule has 0 aliphatic heterocycles. The van der Waals surface area contributed by atoms with Gasteiger partial charge in [0.1, 0.15) is 0 Å². The molecule has 1 N–H and O–H groups in total. The van der Waals surface area contributed by atoms with Crippen molar-refractivity contribution in [3.63, 3.8) is 0 Å². The Labute approximate surface area is 71.7 Å². The molecule has 1 nitrogen and oxygen atoms in total. The zero-order valence-electron chi connectivity index (χ0n) is 7.22. The summed E-state index contributed by atoms with van der Waals surface area (Å²) in [5.41, 5.74) is 1.22. The molecule has 0 amide bonds. The number of rotatable bonds is 2. The predicted molar refractivity (Wildman–Crippen MR) is 49.0 cm³/mol. The van der Waals surface area contributed by atoms with Gasteiger partial charge in [-0.3, -0.25) is 0 Å². The van der Waals surface area contributed by atoms with Crippen molar-refractivity contribution in [2.75, 3.05) is 0 Å². The quantitative estimate of drug-likeness (QED) is 0.723. The fourth-order valence-corrected chi connectivity index (χ4v) is 2.28. The molecule has 0 spiro atoms. The molecule has 0 unspecified atom stereocenters. The van der Waals surface area contributed by atoms with E-state index >= 15 is 0 Å². The number of hydrogen-bond acceptors (Lipinski definition) is 2. The monoisotopic (exact) mass is 170 g/mol. The van der Waals surface area contributed by atoms with Crippen LogP contribution in [0.2, 0.25) is 0 Å². The van der Waals surface area contributed by atoms with E-state index in [1.54, 1.807) is 11.3 Å². The SMILES string of the molecule is CC[C@@H](O)c1sc(C)cc1C. The summed E-state index contributed by atoms with van der Waals surface area (Å²) in [5, 5.41) is 9.53. The molecule has 1 aromatic rings. The maximum absolute atomic E-state index is 9.53. The van der Waals surface area contributed by atoms with Gasteiger partial charge in [-0.05, 0) is 31.9 Å². The zero-order chi connectivity index (χ0) is 8.43. The maximum Gasteiger partial charge on any atom is 0.0882 e. The molecule has 0 aliphatic carbocycles. The summed E-state index contributed by atoms with van der Waals surface area (Å²) in [5.74, 6) is 0. The second kappa shape index (κ2) is 3.37. The van der Waals surface area contributed by atoms with Gasteiger partial charge >= 0.3 is 0 Å². The Bertz CT molecular complexity index is 240. The smallest absolute Gasteiger partial charge is 0.0882 e. The summed E-state index contributed by atoms with van der Waals surface area (Å²) in [7, 11) is 0. The first-order chi connectivity index (χ1) is 5.15. The van der Waals surface area contributed by atoms with E-state index < -0.39 is 0 Å². The van der Waals surface area contributed by atoms with Crippen LogP contribution in [0.5, 0.6) is 0 Å². The van der Waals surface area contributed by atoms with Gasteiger partial charge < -0.3 is 5.11 Å². The third-order valence-corrected chi connectivity index (χ3v) is 3.02. The zero-order valence-corrected chi connectivity index (χ0v) is 8.03. The first-order valence-electron chi connectivity index (χ1n) is 3.90. The summed E-state index contributed by atoms with van der Waals surface area (Å²) < 4.78 is 0. The molecular formula is C9H14OS. The van der Waals surface area contributed by atoms with E-state index in [1.807, 2.05) is 6.92 Å². The molecule has 0 bridgehead atoms. The molecule has 0 radical (unpaired) electrons. The van der Waals surface area contributed by atoms with Crippen LogP contribution >= 0.6 is 11.3 Å². The van der Waals surface area contributed by atoms with Crippen LogP contribution in [-0.2, 0) is 0 Å². The Morgan fingerprint density at radius 1 is 1.55 bits per heavy atom. The largest absolute Gasteiger partial charge is 0.388 e. The van der Waals surface area contributed by atoms with E-state index in [0.29, 0.717) is 0 Å². The van der Waals surface area contributed by atoms with Crippen LogP contribution in [0.1, 0.15) is 34.8 Å². The van der Waals surface area contributed by atoms with Gasteiger partial charge in [0.2, 0.25) is 0 Å². The second-order valence-corrected chi connectivity index (χ2v) is 4.12. The minimum Gasteiger partial charge on any atom is -0.388 e. The van der Waals surface area contributed by atoms with Gasteiger partial charge in [-0.1, -0.05) is 6.92 Å². The first kappa shape index (κ1) is 8.75. The summed E-state index contributed by atoms with van der Waals surface area (Å²) in [6, 6.07) is 2.12. The molecule has 0 aromatic carbocycles. The summed E-state index contributed by atoms with van der Waals surface area (Å²) in [6.07, 6.45) is 0.551. The first-order valence-corrected chi connectivity index (χ1v) is 4.71. The molecule has 62 valence electrons. The van der Waals surface area contributed by atoms with E-state index in [0.717, 1.165) is 11.3 Å². The van der Waals surface area contributed by atoms with Crippen molar-refractivity contribution < 1.29 is 5.11 Å². The van der Waals surface area contributed by atoms with Gasteiger partial charge in [0, 0.05) is 9.75 Å². The topological polar surface area (TPSA) is 20.2 Å². The third kappa shape index (κ3) is 1.82. The van der Waals surface area contributed by atoms with Crippen LogP contribution in [0, 0.1) is 13.8 Å². The summed E-state index contributed by atoms with van der Waals surface area (Å²) >= 11 is 1.70. The van der Waals surface area contributed by atoms with Crippen LogP contribution in [0.3, 0.4) is 0 Å². The number of aliphatic hydroxyl groups excluding tert-OH is 1. The highest BCUT2D eigenvalue weighted by atomic mass is 32.1. The van der Waals surface area contributed by atoms with Gasteiger partial charge in [0.05, 0.1) is 6.10 Å². The van der Waals surface area contributed by atoms with Crippen molar-refractivity contribution in [2.24, 2.45) is 0 Å². The molecule has 1 aromatic heterocycles. The van der Waals surface area contributed by atoms with Crippen molar-refractivity contribution >= 4 is 11.3 Å². The third-order valence-electron chi connectivity index (χ3n) is 1.77. The molecule has 0 saturated heterocycles. The minimum absolute atomic E-state index is 0.256. The fraction of sp³-hybridized carbons (Fsp3) is 0.556. The lowest BCUT2D eigenvalue weighted by molar-refractivity contribution is 0.177. The molecule has 2 heteroatoms. The number of hydrogen-bond donors (Lipinski definition) is 1. The van der Waals surface area contributed by atoms with Crippen molar-refractivity contribution in [3.8, 4) is 0 Å². The van der Waals surface area contributed by atoms with Crippen LogP contribution in [0.4, 0.5) is 0 Å². The highest BCUT2D eigenvalue weighted by molar-refractivity contribution is 7.12. The average Bonchev–Trinajstić information content (AvgIpc) is 2.28. The van der Waals surface area contributed by atoms with Crippen LogP contribution in [0.25, 0.3) is 0 Å². The normalized spacial score (nSPS) is 13.5. The minimum atomic E-state index is -0.256. The van der Waals surface area contributed by atoms with Crippen molar-refractivity contribution in [3.05, 3.63) is 21.4 Å². The molecule has 1 atom stereocenters. The molecule has 11 heavy (non-hydrogen) atoms. The molecule has 0 saturated carbocycles. The van der Waals surface area contributed by atoms with Crippen LogP contribution in [-0.4, -0.2) is 5.11 Å². The lowest BCUT2D eigenvalue weighted by atomic mass is 10.1. The van der Waals surface area contributed by atoms with E-state index in [4.69, 9.17) is 0 Å². The van der Waals surface area contributed by atoms with Crippen LogP contribution < -0.4 is 0 Å². The number of aliphatic hydroxyl groups is 1. The van der Waals surface area contributed by atoms with Gasteiger partial charge in [-0.25, -0.2) is 0 Å². The van der Waals surface area contributed by atoms with Gasteiger partial charge in [0.25, 0.3) is 0 Å². The number of aryl methyl sites for hydroxylation is 2. The molecule has 1 rings (SSSR count). The van der Waals surface area contributed by atoms with Gasteiger partial charge in [0.15, 0.2) is 0 Å². The molecule has 0 fully saturated rings. The van der Waals surface area contributed by atoms with E-state index in [1.165, 1.54) is 10.4 Å². The summed E-state index contributed by atoms with van der Waals surface area (Å²) in [4.78, 5) is 2.41. The maximum atomic E-state index is 9.53. The highest BCUT2D eigenvalue weighted by Crippen LogP contribution is 2.28. The Balaban J connectivity index is 2.93. The second-order valence-electron chi connectivity index (χ2n) is 2.83. The lowest BCUT2D eigenvalue weighted by Gasteiger charge is -2.04. The number of thiophene rings is 1. The van der Waals surface area contributed by atoms with E-state index in [9.17, 15) is 5.11 Å². The molecule has 1 heterocycles. The van der Waals surface area contributed by atoms with Crippen molar-refractivity contribution in [1.82, 2.24) is 0 Å². The Morgan fingerprint density at radius 2 is 2.18 bits per heavy atom. The highest BCUT2D eigenvalue weighted by Gasteiger charge is 2.10. The lowest BCUT2D eigenvalue weighted by Crippen LogP contribution is -1.92. The van der Waals surface area contributed by atoms with Crippen molar-refractivity contribution in [1.29, 1.82) is 0 Å².